The van der Waals surface area contributed by atoms with Gasteiger partial charge in [-0.3, -0.25) is 4.99 Å². The maximum absolute atomic E-state index is 8.29. The van der Waals surface area contributed by atoms with Crippen molar-refractivity contribution in [3.63, 3.8) is 0 Å². The van der Waals surface area contributed by atoms with Crippen LogP contribution < -0.4 is 0 Å². The molecule has 0 fully saturated rings. The third-order valence-corrected chi connectivity index (χ3v) is 0.540. The van der Waals surface area contributed by atoms with Crippen molar-refractivity contribution < 1.29 is 5.11 Å². The first-order valence-corrected chi connectivity index (χ1v) is 2.06. The van der Waals surface area contributed by atoms with E-state index in [0.717, 1.165) is 0 Å². The SMILES string of the molecule is C=C/N=C(\C)CO. The third kappa shape index (κ3) is 3.19. The Hall–Kier alpha value is -0.630. The number of rotatable bonds is 2. The summed E-state index contributed by atoms with van der Waals surface area (Å²) in [5.74, 6) is 0. The van der Waals surface area contributed by atoms with E-state index in [-0.39, 0.29) is 6.61 Å². The van der Waals surface area contributed by atoms with E-state index in [1.54, 1.807) is 6.92 Å². The molecule has 2 heteroatoms. The summed E-state index contributed by atoms with van der Waals surface area (Å²) in [6.45, 7) is 5.11. The van der Waals surface area contributed by atoms with Gasteiger partial charge in [0, 0.05) is 11.9 Å². The molecule has 0 radical (unpaired) electrons. The monoisotopic (exact) mass is 99.1 g/mol. The Bertz CT molecular complexity index is 86.1. The maximum atomic E-state index is 8.29. The molecule has 7 heavy (non-hydrogen) atoms. The smallest absolute Gasteiger partial charge is 0.0810 e. The van der Waals surface area contributed by atoms with E-state index in [1.165, 1.54) is 6.20 Å². The van der Waals surface area contributed by atoms with Crippen molar-refractivity contribution in [2.24, 2.45) is 4.99 Å². The lowest BCUT2D eigenvalue weighted by atomic mass is 10.5. The van der Waals surface area contributed by atoms with Gasteiger partial charge in [0.2, 0.25) is 0 Å². The average molecular weight is 99.1 g/mol. The van der Waals surface area contributed by atoms with E-state index >= 15 is 0 Å². The molecular weight excluding hydrogens is 90.1 g/mol. The van der Waals surface area contributed by atoms with Crippen molar-refractivity contribution in [1.82, 2.24) is 0 Å². The van der Waals surface area contributed by atoms with Gasteiger partial charge in [0.15, 0.2) is 0 Å². The molecule has 0 rings (SSSR count). The van der Waals surface area contributed by atoms with Crippen molar-refractivity contribution in [2.45, 2.75) is 6.92 Å². The van der Waals surface area contributed by atoms with Gasteiger partial charge in [-0.05, 0) is 6.92 Å². The van der Waals surface area contributed by atoms with Gasteiger partial charge >= 0.3 is 0 Å². The van der Waals surface area contributed by atoms with E-state index < -0.39 is 0 Å². The van der Waals surface area contributed by atoms with Crippen LogP contribution >= 0.6 is 0 Å². The first-order chi connectivity index (χ1) is 3.31. The van der Waals surface area contributed by atoms with E-state index in [9.17, 15) is 0 Å². The fraction of sp³-hybridized carbons (Fsp3) is 0.400. The average Bonchev–Trinajstić information content (AvgIpc) is 1.68. The summed E-state index contributed by atoms with van der Waals surface area (Å²) in [4.78, 5) is 3.67. The highest BCUT2D eigenvalue weighted by Gasteiger charge is 1.78. The zero-order valence-electron chi connectivity index (χ0n) is 4.39. The molecule has 0 amide bonds. The minimum Gasteiger partial charge on any atom is -0.390 e. The van der Waals surface area contributed by atoms with Gasteiger partial charge in [-0.1, -0.05) is 6.58 Å². The predicted molar refractivity (Wildman–Crippen MR) is 30.4 cm³/mol. The lowest BCUT2D eigenvalue weighted by Gasteiger charge is -1.84. The molecule has 0 aliphatic rings. The Labute approximate surface area is 43.2 Å². The van der Waals surface area contributed by atoms with Crippen LogP contribution in [0.3, 0.4) is 0 Å². The summed E-state index contributed by atoms with van der Waals surface area (Å²) in [6.07, 6.45) is 1.41. The molecule has 1 N–H and O–H groups in total. The predicted octanol–water partition coefficient (Wildman–Crippen LogP) is 0.583. The van der Waals surface area contributed by atoms with Crippen molar-refractivity contribution in [2.75, 3.05) is 6.61 Å². The summed E-state index contributed by atoms with van der Waals surface area (Å²) in [6, 6.07) is 0. The lowest BCUT2D eigenvalue weighted by molar-refractivity contribution is 0.357. The summed E-state index contributed by atoms with van der Waals surface area (Å²) in [5.41, 5.74) is 0.690. The zero-order chi connectivity index (χ0) is 5.70. The highest BCUT2D eigenvalue weighted by Crippen LogP contribution is 1.73. The highest BCUT2D eigenvalue weighted by molar-refractivity contribution is 5.83. The minimum absolute atomic E-state index is 0.0199. The van der Waals surface area contributed by atoms with Crippen LogP contribution in [0.4, 0.5) is 0 Å². The molecule has 0 unspecified atom stereocenters. The Kier molecular flexibility index (Phi) is 3.24. The Morgan fingerprint density at radius 2 is 2.57 bits per heavy atom. The maximum Gasteiger partial charge on any atom is 0.0810 e. The standard InChI is InChI=1S/C5H9NO/c1-3-6-5(2)4-7/h3,7H,1,4H2,2H3/b6-5+. The molecular formula is C5H9NO. The van der Waals surface area contributed by atoms with Crippen LogP contribution in [0.5, 0.6) is 0 Å². The van der Waals surface area contributed by atoms with E-state index in [2.05, 4.69) is 11.6 Å². The number of nitrogens with zero attached hydrogens (tertiary/aromatic N) is 1. The molecule has 0 saturated carbocycles. The van der Waals surface area contributed by atoms with Gasteiger partial charge in [0.25, 0.3) is 0 Å². The van der Waals surface area contributed by atoms with Crippen LogP contribution in [-0.4, -0.2) is 17.4 Å². The highest BCUT2D eigenvalue weighted by atomic mass is 16.3. The third-order valence-electron chi connectivity index (χ3n) is 0.540. The quantitative estimate of drug-likeness (QED) is 0.505. The van der Waals surface area contributed by atoms with Gasteiger partial charge in [0.1, 0.15) is 0 Å². The second kappa shape index (κ2) is 3.56. The van der Waals surface area contributed by atoms with Crippen LogP contribution in [0.25, 0.3) is 0 Å². The topological polar surface area (TPSA) is 32.6 Å². The molecule has 0 aliphatic heterocycles. The van der Waals surface area contributed by atoms with Gasteiger partial charge in [-0.25, -0.2) is 0 Å². The molecule has 40 valence electrons. The second-order valence-electron chi connectivity index (χ2n) is 1.21. The molecule has 0 aromatic rings. The van der Waals surface area contributed by atoms with Gasteiger partial charge < -0.3 is 5.11 Å². The number of aliphatic hydroxyl groups is 1. The van der Waals surface area contributed by atoms with E-state index in [0.29, 0.717) is 5.71 Å². The number of aliphatic hydroxyl groups excluding tert-OH is 1. The molecule has 0 aromatic heterocycles. The van der Waals surface area contributed by atoms with Gasteiger partial charge in [-0.15, -0.1) is 0 Å². The lowest BCUT2D eigenvalue weighted by Crippen LogP contribution is -1.95. The van der Waals surface area contributed by atoms with Gasteiger partial charge in [-0.2, -0.15) is 0 Å². The van der Waals surface area contributed by atoms with E-state index in [4.69, 9.17) is 5.11 Å². The molecule has 0 atom stereocenters. The van der Waals surface area contributed by atoms with Crippen LogP contribution in [0.2, 0.25) is 0 Å². The molecule has 0 bridgehead atoms. The van der Waals surface area contributed by atoms with Crippen molar-refractivity contribution >= 4 is 5.71 Å². The fourth-order valence-electron chi connectivity index (χ4n) is 0.197. The van der Waals surface area contributed by atoms with Crippen LogP contribution in [0.15, 0.2) is 17.8 Å². The summed E-state index contributed by atoms with van der Waals surface area (Å²) >= 11 is 0. The fourth-order valence-corrected chi connectivity index (χ4v) is 0.197. The molecule has 0 aromatic carbocycles. The van der Waals surface area contributed by atoms with Crippen molar-refractivity contribution in [1.29, 1.82) is 0 Å². The Morgan fingerprint density at radius 3 is 2.71 bits per heavy atom. The summed E-state index contributed by atoms with van der Waals surface area (Å²) in [5, 5.41) is 8.29. The van der Waals surface area contributed by atoms with E-state index in [1.807, 2.05) is 0 Å². The summed E-state index contributed by atoms with van der Waals surface area (Å²) < 4.78 is 0. The summed E-state index contributed by atoms with van der Waals surface area (Å²) in [7, 11) is 0. The van der Waals surface area contributed by atoms with Crippen LogP contribution in [-0.2, 0) is 0 Å². The van der Waals surface area contributed by atoms with Crippen LogP contribution in [0, 0.1) is 0 Å². The Balaban J connectivity index is 3.49. The molecule has 0 heterocycles. The van der Waals surface area contributed by atoms with Gasteiger partial charge in [0.05, 0.1) is 6.61 Å². The second-order valence-corrected chi connectivity index (χ2v) is 1.21. The first-order valence-electron chi connectivity index (χ1n) is 2.06. The largest absolute Gasteiger partial charge is 0.390 e. The number of hydrogen-bond donors (Lipinski definition) is 1. The molecule has 0 spiro atoms. The molecule has 0 saturated heterocycles. The molecule has 2 nitrogen and oxygen atoms in total. The minimum atomic E-state index is 0.0199. The first kappa shape index (κ1) is 6.37. The van der Waals surface area contributed by atoms with Crippen molar-refractivity contribution in [3.8, 4) is 0 Å². The Morgan fingerprint density at radius 1 is 2.00 bits per heavy atom. The zero-order valence-corrected chi connectivity index (χ0v) is 4.39. The van der Waals surface area contributed by atoms with Crippen molar-refractivity contribution in [3.05, 3.63) is 12.8 Å². The normalized spacial score (nSPS) is 11.4. The number of aliphatic imine (C=N–C) groups is 1. The van der Waals surface area contributed by atoms with Crippen LogP contribution in [0.1, 0.15) is 6.92 Å². The molecule has 0 aliphatic carbocycles. The number of hydrogen-bond acceptors (Lipinski definition) is 2.